The fourth-order valence-electron chi connectivity index (χ4n) is 3.18. The molecule has 0 radical (unpaired) electrons. The molecule has 1 aromatic heterocycles. The Morgan fingerprint density at radius 1 is 1.17 bits per heavy atom. The Labute approximate surface area is 134 Å². The van der Waals surface area contributed by atoms with E-state index >= 15 is 0 Å². The van der Waals surface area contributed by atoms with Crippen LogP contribution in [-0.2, 0) is 10.2 Å². The molecule has 0 aliphatic carbocycles. The molecular weight excluding hydrogens is 298 g/mol. The lowest BCUT2D eigenvalue weighted by Crippen LogP contribution is -2.29. The van der Waals surface area contributed by atoms with Gasteiger partial charge in [-0.05, 0) is 46.8 Å². The van der Waals surface area contributed by atoms with Crippen LogP contribution in [0.5, 0.6) is 5.75 Å². The quantitative estimate of drug-likeness (QED) is 0.803. The van der Waals surface area contributed by atoms with Crippen molar-refractivity contribution in [3.63, 3.8) is 0 Å². The van der Waals surface area contributed by atoms with E-state index in [1.54, 1.807) is 13.0 Å². The van der Waals surface area contributed by atoms with E-state index in [1.807, 2.05) is 18.4 Å². The lowest BCUT2D eigenvalue weighted by molar-refractivity contribution is -0.142. The summed E-state index contributed by atoms with van der Waals surface area (Å²) in [5.41, 5.74) is -0.118. The van der Waals surface area contributed by atoms with Gasteiger partial charge in [0.15, 0.2) is 0 Å². The molecule has 0 aliphatic heterocycles. The van der Waals surface area contributed by atoms with Crippen molar-refractivity contribution in [1.29, 1.82) is 0 Å². The van der Waals surface area contributed by atoms with Gasteiger partial charge >= 0.3 is 11.9 Å². The zero-order chi connectivity index (χ0) is 17.7. The third kappa shape index (κ3) is 2.34. The monoisotopic (exact) mass is 319 g/mol. The number of carboxylic acid groups (broad SMARTS) is 2. The summed E-state index contributed by atoms with van der Waals surface area (Å²) in [5, 5.41) is 29.7. The summed E-state index contributed by atoms with van der Waals surface area (Å²) < 4.78 is 1.85. The molecule has 0 saturated heterocycles. The normalized spacial score (nSPS) is 12.1. The standard InChI is InChI=1S/C17H21NO5/c1-8(2)18-9(3)12(15(20)21)13-10(18)6-7-11(19)14(13)17(4,5)16(22)23/h6-8,19H,1-5H3,(H,20,21)(H,22,23). The highest BCUT2D eigenvalue weighted by molar-refractivity contribution is 6.09. The first-order valence-corrected chi connectivity index (χ1v) is 7.35. The summed E-state index contributed by atoms with van der Waals surface area (Å²) in [6, 6.07) is 3.05. The predicted molar refractivity (Wildman–Crippen MR) is 86.3 cm³/mol. The number of hydrogen-bond donors (Lipinski definition) is 3. The van der Waals surface area contributed by atoms with E-state index in [0.717, 1.165) is 0 Å². The van der Waals surface area contributed by atoms with Crippen LogP contribution in [0.15, 0.2) is 12.1 Å². The van der Waals surface area contributed by atoms with Crippen molar-refractivity contribution in [1.82, 2.24) is 4.57 Å². The maximum atomic E-state index is 11.8. The van der Waals surface area contributed by atoms with E-state index in [9.17, 15) is 24.9 Å². The van der Waals surface area contributed by atoms with Gasteiger partial charge in [-0.25, -0.2) is 4.79 Å². The molecule has 1 heterocycles. The number of carbonyl (C=O) groups is 2. The minimum atomic E-state index is -1.43. The molecule has 0 atom stereocenters. The van der Waals surface area contributed by atoms with Gasteiger partial charge in [0.1, 0.15) is 5.75 Å². The SMILES string of the molecule is Cc1c(C(=O)O)c2c(C(C)(C)C(=O)O)c(O)ccc2n1C(C)C. The van der Waals surface area contributed by atoms with Crippen LogP contribution in [-0.4, -0.2) is 31.8 Å². The topological polar surface area (TPSA) is 99.8 Å². The number of aliphatic carboxylic acids is 1. The first kappa shape index (κ1) is 16.9. The molecule has 1 aromatic carbocycles. The van der Waals surface area contributed by atoms with E-state index in [2.05, 4.69) is 0 Å². The van der Waals surface area contributed by atoms with Crippen molar-refractivity contribution in [2.24, 2.45) is 0 Å². The molecule has 6 nitrogen and oxygen atoms in total. The van der Waals surface area contributed by atoms with Crippen LogP contribution < -0.4 is 0 Å². The first-order chi connectivity index (χ1) is 10.5. The van der Waals surface area contributed by atoms with Crippen LogP contribution in [0.2, 0.25) is 0 Å². The van der Waals surface area contributed by atoms with Gasteiger partial charge < -0.3 is 19.9 Å². The highest BCUT2D eigenvalue weighted by Crippen LogP contribution is 2.42. The molecule has 3 N–H and O–H groups in total. The number of fused-ring (bicyclic) bond motifs is 1. The zero-order valence-electron chi connectivity index (χ0n) is 13.8. The van der Waals surface area contributed by atoms with Crippen molar-refractivity contribution < 1.29 is 24.9 Å². The van der Waals surface area contributed by atoms with Crippen LogP contribution in [0.3, 0.4) is 0 Å². The molecule has 0 saturated carbocycles. The molecule has 0 spiro atoms. The molecule has 6 heteroatoms. The number of phenolic OH excluding ortho intramolecular Hbond substituents is 1. The number of aromatic hydroxyl groups is 1. The summed E-state index contributed by atoms with van der Waals surface area (Å²) in [4.78, 5) is 23.4. The van der Waals surface area contributed by atoms with Gasteiger partial charge in [-0.15, -0.1) is 0 Å². The average molecular weight is 319 g/mol. The molecule has 0 fully saturated rings. The number of benzene rings is 1. The highest BCUT2D eigenvalue weighted by Gasteiger charge is 2.37. The van der Waals surface area contributed by atoms with Gasteiger partial charge in [0.25, 0.3) is 0 Å². The van der Waals surface area contributed by atoms with Crippen molar-refractivity contribution in [3.05, 3.63) is 29.0 Å². The fourth-order valence-corrected chi connectivity index (χ4v) is 3.18. The van der Waals surface area contributed by atoms with Crippen LogP contribution >= 0.6 is 0 Å². The van der Waals surface area contributed by atoms with Crippen LogP contribution in [0.4, 0.5) is 0 Å². The van der Waals surface area contributed by atoms with E-state index in [1.165, 1.54) is 19.9 Å². The maximum absolute atomic E-state index is 11.8. The smallest absolute Gasteiger partial charge is 0.338 e. The zero-order valence-corrected chi connectivity index (χ0v) is 13.8. The molecule has 0 bridgehead atoms. The third-order valence-corrected chi connectivity index (χ3v) is 4.28. The number of rotatable bonds is 4. The van der Waals surface area contributed by atoms with Gasteiger partial charge in [0, 0.05) is 28.2 Å². The molecular formula is C17H21NO5. The largest absolute Gasteiger partial charge is 0.508 e. The second kappa shape index (κ2) is 5.30. The number of phenols is 1. The molecule has 0 aliphatic rings. The van der Waals surface area contributed by atoms with Gasteiger partial charge in [0.05, 0.1) is 11.0 Å². The molecule has 2 rings (SSSR count). The molecule has 2 aromatic rings. The molecule has 0 amide bonds. The third-order valence-electron chi connectivity index (χ3n) is 4.28. The molecule has 0 unspecified atom stereocenters. The van der Waals surface area contributed by atoms with Crippen molar-refractivity contribution in [2.45, 2.75) is 46.1 Å². The van der Waals surface area contributed by atoms with Gasteiger partial charge in [-0.1, -0.05) is 0 Å². The lowest BCUT2D eigenvalue weighted by atomic mass is 9.81. The summed E-state index contributed by atoms with van der Waals surface area (Å²) in [5.74, 6) is -2.49. The minimum Gasteiger partial charge on any atom is -0.508 e. The molecule has 23 heavy (non-hydrogen) atoms. The minimum absolute atomic E-state index is 0.00377. The second-order valence-electron chi connectivity index (χ2n) is 6.51. The number of hydrogen-bond acceptors (Lipinski definition) is 3. The number of carboxylic acids is 2. The molecule has 124 valence electrons. The average Bonchev–Trinajstić information content (AvgIpc) is 2.69. The Morgan fingerprint density at radius 3 is 2.17 bits per heavy atom. The van der Waals surface area contributed by atoms with Crippen molar-refractivity contribution in [3.8, 4) is 5.75 Å². The first-order valence-electron chi connectivity index (χ1n) is 7.35. The van der Waals surface area contributed by atoms with E-state index in [4.69, 9.17) is 0 Å². The van der Waals surface area contributed by atoms with Crippen LogP contribution in [0, 0.1) is 6.92 Å². The van der Waals surface area contributed by atoms with Crippen molar-refractivity contribution >= 4 is 22.8 Å². The van der Waals surface area contributed by atoms with Gasteiger partial charge in [0.2, 0.25) is 0 Å². The number of nitrogens with zero attached hydrogens (tertiary/aromatic N) is 1. The van der Waals surface area contributed by atoms with E-state index in [-0.39, 0.29) is 28.3 Å². The van der Waals surface area contributed by atoms with Gasteiger partial charge in [-0.2, -0.15) is 0 Å². The summed E-state index contributed by atoms with van der Waals surface area (Å²) >= 11 is 0. The van der Waals surface area contributed by atoms with Crippen LogP contribution in [0.25, 0.3) is 10.9 Å². The fraction of sp³-hybridized carbons (Fsp3) is 0.412. The summed E-state index contributed by atoms with van der Waals surface area (Å²) in [6.07, 6.45) is 0. The highest BCUT2D eigenvalue weighted by atomic mass is 16.4. The Kier molecular flexibility index (Phi) is 3.88. The summed E-state index contributed by atoms with van der Waals surface area (Å²) in [6.45, 7) is 8.45. The van der Waals surface area contributed by atoms with E-state index < -0.39 is 17.4 Å². The Morgan fingerprint density at radius 2 is 1.74 bits per heavy atom. The van der Waals surface area contributed by atoms with E-state index in [0.29, 0.717) is 11.2 Å². The number of aromatic carboxylic acids is 1. The van der Waals surface area contributed by atoms with Crippen molar-refractivity contribution in [2.75, 3.05) is 0 Å². The second-order valence-corrected chi connectivity index (χ2v) is 6.51. The Hall–Kier alpha value is -2.50. The lowest BCUT2D eigenvalue weighted by Gasteiger charge is -2.22. The van der Waals surface area contributed by atoms with Gasteiger partial charge in [-0.3, -0.25) is 4.79 Å². The Bertz CT molecular complexity index is 814. The summed E-state index contributed by atoms with van der Waals surface area (Å²) in [7, 11) is 0. The predicted octanol–water partition coefficient (Wildman–Crippen LogP) is 3.30. The van der Waals surface area contributed by atoms with Crippen LogP contribution in [0.1, 0.15) is 55.4 Å². The maximum Gasteiger partial charge on any atom is 0.338 e. The number of aromatic nitrogens is 1. The Balaban J connectivity index is 3.11.